The Kier molecular flexibility index (Phi) is 2.78. The summed E-state index contributed by atoms with van der Waals surface area (Å²) in [5, 5.41) is 0.0552. The summed E-state index contributed by atoms with van der Waals surface area (Å²) in [4.78, 5) is 0. The van der Waals surface area contributed by atoms with Crippen LogP contribution in [0.4, 0.5) is 13.2 Å². The Morgan fingerprint density at radius 3 is 1.77 bits per heavy atom. The van der Waals surface area contributed by atoms with Crippen LogP contribution in [0, 0.1) is 6.92 Å². The summed E-state index contributed by atoms with van der Waals surface area (Å²) in [6, 6.07) is 1.73. The van der Waals surface area contributed by atoms with Gasteiger partial charge in [0.25, 0.3) is 0 Å². The second kappa shape index (κ2) is 3.39. The summed E-state index contributed by atoms with van der Waals surface area (Å²) in [7, 11) is 0. The number of hydrogen-bond donors (Lipinski definition) is 0. The normalized spacial score (nSPS) is 11.8. The molecular formula is C8H5Cl2F3. The quantitative estimate of drug-likeness (QED) is 0.621. The molecule has 0 atom stereocenters. The van der Waals surface area contributed by atoms with Crippen molar-refractivity contribution in [3.05, 3.63) is 33.3 Å². The minimum atomic E-state index is -4.40. The molecule has 0 heterocycles. The lowest BCUT2D eigenvalue weighted by atomic mass is 10.1. The molecule has 1 aromatic rings. The highest BCUT2D eigenvalue weighted by Crippen LogP contribution is 2.35. The maximum Gasteiger partial charge on any atom is 0.416 e. The third-order valence-electron chi connectivity index (χ3n) is 1.61. The van der Waals surface area contributed by atoms with E-state index in [2.05, 4.69) is 0 Å². The van der Waals surface area contributed by atoms with Crippen molar-refractivity contribution in [1.29, 1.82) is 0 Å². The van der Waals surface area contributed by atoms with Gasteiger partial charge in [0.05, 0.1) is 5.56 Å². The minimum Gasteiger partial charge on any atom is -0.166 e. The number of halogens is 5. The van der Waals surface area contributed by atoms with Crippen LogP contribution < -0.4 is 0 Å². The molecule has 0 aliphatic carbocycles. The molecule has 5 heteroatoms. The van der Waals surface area contributed by atoms with Crippen molar-refractivity contribution in [1.82, 2.24) is 0 Å². The first-order valence-corrected chi connectivity index (χ1v) is 4.11. The van der Waals surface area contributed by atoms with Gasteiger partial charge in [-0.1, -0.05) is 23.2 Å². The lowest BCUT2D eigenvalue weighted by Gasteiger charge is -2.09. The van der Waals surface area contributed by atoms with Gasteiger partial charge >= 0.3 is 6.18 Å². The van der Waals surface area contributed by atoms with E-state index in [0.717, 1.165) is 12.1 Å². The van der Waals surface area contributed by atoms with Gasteiger partial charge < -0.3 is 0 Å². The molecule has 0 aliphatic rings. The SMILES string of the molecule is Cc1c(Cl)cc(C(F)(F)F)cc1Cl. The van der Waals surface area contributed by atoms with Crippen molar-refractivity contribution in [2.75, 3.05) is 0 Å². The molecule has 1 rings (SSSR count). The van der Waals surface area contributed by atoms with Crippen LogP contribution in [0.15, 0.2) is 12.1 Å². The Morgan fingerprint density at radius 1 is 1.08 bits per heavy atom. The van der Waals surface area contributed by atoms with Gasteiger partial charge in [0, 0.05) is 10.0 Å². The number of rotatable bonds is 0. The van der Waals surface area contributed by atoms with E-state index in [-0.39, 0.29) is 10.0 Å². The standard InChI is InChI=1S/C8H5Cl2F3/c1-4-6(9)2-5(3-7(4)10)8(11,12)13/h2-3H,1H3. The fraction of sp³-hybridized carbons (Fsp3) is 0.250. The van der Waals surface area contributed by atoms with Crippen LogP contribution in [-0.2, 0) is 6.18 Å². The summed E-state index contributed by atoms with van der Waals surface area (Å²) in [5.74, 6) is 0. The van der Waals surface area contributed by atoms with Crippen LogP contribution in [0.5, 0.6) is 0 Å². The lowest BCUT2D eigenvalue weighted by Crippen LogP contribution is -2.05. The fourth-order valence-corrected chi connectivity index (χ4v) is 1.30. The first-order chi connectivity index (χ1) is 5.82. The largest absolute Gasteiger partial charge is 0.416 e. The van der Waals surface area contributed by atoms with Gasteiger partial charge in [-0.05, 0) is 24.6 Å². The molecule has 13 heavy (non-hydrogen) atoms. The molecule has 1 aromatic carbocycles. The molecule has 0 saturated heterocycles. The van der Waals surface area contributed by atoms with E-state index in [9.17, 15) is 13.2 Å². The number of alkyl halides is 3. The second-order valence-electron chi connectivity index (χ2n) is 2.56. The zero-order chi connectivity index (χ0) is 10.2. The zero-order valence-corrected chi connectivity index (χ0v) is 8.06. The van der Waals surface area contributed by atoms with E-state index in [0.29, 0.717) is 5.56 Å². The summed E-state index contributed by atoms with van der Waals surface area (Å²) in [6.07, 6.45) is -4.40. The number of benzene rings is 1. The van der Waals surface area contributed by atoms with E-state index < -0.39 is 11.7 Å². The van der Waals surface area contributed by atoms with Crippen molar-refractivity contribution in [2.24, 2.45) is 0 Å². The maximum atomic E-state index is 12.2. The molecule has 0 N–H and O–H groups in total. The van der Waals surface area contributed by atoms with Crippen LogP contribution >= 0.6 is 23.2 Å². The molecule has 0 saturated carbocycles. The molecular weight excluding hydrogens is 224 g/mol. The molecule has 0 radical (unpaired) electrons. The van der Waals surface area contributed by atoms with Crippen molar-refractivity contribution in [3.63, 3.8) is 0 Å². The van der Waals surface area contributed by atoms with Gasteiger partial charge in [0.2, 0.25) is 0 Å². The third-order valence-corrected chi connectivity index (χ3v) is 2.39. The highest BCUT2D eigenvalue weighted by atomic mass is 35.5. The molecule has 0 unspecified atom stereocenters. The molecule has 0 spiro atoms. The van der Waals surface area contributed by atoms with Gasteiger partial charge in [0.1, 0.15) is 0 Å². The van der Waals surface area contributed by atoms with Crippen LogP contribution in [-0.4, -0.2) is 0 Å². The Hall–Kier alpha value is -0.410. The second-order valence-corrected chi connectivity index (χ2v) is 3.38. The zero-order valence-electron chi connectivity index (χ0n) is 6.54. The van der Waals surface area contributed by atoms with Gasteiger partial charge in [-0.2, -0.15) is 13.2 Å². The molecule has 0 aromatic heterocycles. The van der Waals surface area contributed by atoms with Crippen molar-refractivity contribution in [2.45, 2.75) is 13.1 Å². The van der Waals surface area contributed by atoms with Crippen molar-refractivity contribution in [3.8, 4) is 0 Å². The third kappa shape index (κ3) is 2.29. The lowest BCUT2D eigenvalue weighted by molar-refractivity contribution is -0.137. The highest BCUT2D eigenvalue weighted by molar-refractivity contribution is 6.36. The first kappa shape index (κ1) is 10.7. The Balaban J connectivity index is 3.29. The summed E-state index contributed by atoms with van der Waals surface area (Å²) in [5.41, 5.74) is -0.371. The average molecular weight is 229 g/mol. The van der Waals surface area contributed by atoms with Crippen LogP contribution in [0.3, 0.4) is 0 Å². The van der Waals surface area contributed by atoms with Crippen molar-refractivity contribution >= 4 is 23.2 Å². The highest BCUT2D eigenvalue weighted by Gasteiger charge is 2.31. The molecule has 0 amide bonds. The summed E-state index contributed by atoms with van der Waals surface area (Å²) in [6.45, 7) is 1.56. The maximum absolute atomic E-state index is 12.2. The van der Waals surface area contributed by atoms with E-state index in [1.54, 1.807) is 6.92 Å². The van der Waals surface area contributed by atoms with Crippen LogP contribution in [0.2, 0.25) is 10.0 Å². The minimum absolute atomic E-state index is 0.0276. The Morgan fingerprint density at radius 2 is 1.46 bits per heavy atom. The molecule has 0 bridgehead atoms. The fourth-order valence-electron chi connectivity index (χ4n) is 0.809. The van der Waals surface area contributed by atoms with Crippen LogP contribution in [0.1, 0.15) is 11.1 Å². The predicted molar refractivity (Wildman–Crippen MR) is 46.2 cm³/mol. The molecule has 72 valence electrons. The van der Waals surface area contributed by atoms with Crippen LogP contribution in [0.25, 0.3) is 0 Å². The Bertz CT molecular complexity index is 308. The Labute approximate surface area is 83.3 Å². The van der Waals surface area contributed by atoms with Gasteiger partial charge in [-0.25, -0.2) is 0 Å². The van der Waals surface area contributed by atoms with Gasteiger partial charge in [-0.3, -0.25) is 0 Å². The molecule has 0 aliphatic heterocycles. The molecule has 0 fully saturated rings. The van der Waals surface area contributed by atoms with E-state index in [1.165, 1.54) is 0 Å². The average Bonchev–Trinajstić information content (AvgIpc) is 1.97. The topological polar surface area (TPSA) is 0 Å². The van der Waals surface area contributed by atoms with Crippen molar-refractivity contribution < 1.29 is 13.2 Å². The predicted octanol–water partition coefficient (Wildman–Crippen LogP) is 4.32. The van der Waals surface area contributed by atoms with E-state index in [4.69, 9.17) is 23.2 Å². The van der Waals surface area contributed by atoms with E-state index in [1.807, 2.05) is 0 Å². The van der Waals surface area contributed by atoms with Gasteiger partial charge in [0.15, 0.2) is 0 Å². The molecule has 0 nitrogen and oxygen atoms in total. The smallest absolute Gasteiger partial charge is 0.166 e. The summed E-state index contributed by atoms with van der Waals surface area (Å²) < 4.78 is 36.5. The monoisotopic (exact) mass is 228 g/mol. The first-order valence-electron chi connectivity index (χ1n) is 3.35. The van der Waals surface area contributed by atoms with E-state index >= 15 is 0 Å². The summed E-state index contributed by atoms with van der Waals surface area (Å²) >= 11 is 11.1. The number of hydrogen-bond acceptors (Lipinski definition) is 0. The van der Waals surface area contributed by atoms with Gasteiger partial charge in [-0.15, -0.1) is 0 Å².